The Labute approximate surface area is 106 Å². The fraction of sp³-hybridized carbons (Fsp3) is 0.357. The zero-order chi connectivity index (χ0) is 13.3. The van der Waals surface area contributed by atoms with E-state index in [1.807, 2.05) is 38.2 Å². The Hall–Kier alpha value is -1.81. The van der Waals surface area contributed by atoms with Gasteiger partial charge in [-0.25, -0.2) is 0 Å². The minimum absolute atomic E-state index is 0.169. The zero-order valence-corrected chi connectivity index (χ0v) is 10.6. The van der Waals surface area contributed by atoms with Crippen LogP contribution >= 0.6 is 0 Å². The molecule has 1 heterocycles. The van der Waals surface area contributed by atoms with E-state index >= 15 is 0 Å². The number of nitrogens with two attached hydrogens (primary N) is 1. The fourth-order valence-electron chi connectivity index (χ4n) is 2.53. The Morgan fingerprint density at radius 1 is 1.50 bits per heavy atom. The van der Waals surface area contributed by atoms with Crippen molar-refractivity contribution in [2.24, 2.45) is 5.73 Å². The van der Waals surface area contributed by atoms with E-state index in [9.17, 15) is 4.79 Å². The predicted molar refractivity (Wildman–Crippen MR) is 71.7 cm³/mol. The van der Waals surface area contributed by atoms with Crippen LogP contribution in [0.25, 0.3) is 10.9 Å². The Bertz CT molecular complexity index is 574. The van der Waals surface area contributed by atoms with Crippen LogP contribution in [0, 0.1) is 6.92 Å². The third-order valence-electron chi connectivity index (χ3n) is 3.50. The number of aromatic nitrogens is 1. The maximum absolute atomic E-state index is 11.1. The summed E-state index contributed by atoms with van der Waals surface area (Å²) in [6.07, 6.45) is 2.59. The summed E-state index contributed by atoms with van der Waals surface area (Å²) in [4.78, 5) is 14.3. The van der Waals surface area contributed by atoms with Crippen molar-refractivity contribution >= 4 is 16.9 Å². The lowest BCUT2D eigenvalue weighted by Gasteiger charge is -2.19. The second-order valence-corrected chi connectivity index (χ2v) is 4.62. The number of H-pyrrole nitrogens is 1. The quantitative estimate of drug-likeness (QED) is 0.775. The van der Waals surface area contributed by atoms with E-state index in [0.717, 1.165) is 22.0 Å². The van der Waals surface area contributed by atoms with Crippen molar-refractivity contribution < 1.29 is 9.90 Å². The molecule has 96 valence electrons. The SMILES string of the molecule is CC[C@@H](c1c[nH]c2cccc(C)c12)[C@H](N)C(=O)O. The average molecular weight is 246 g/mol. The zero-order valence-electron chi connectivity index (χ0n) is 10.6. The van der Waals surface area contributed by atoms with Crippen molar-refractivity contribution in [1.29, 1.82) is 0 Å². The van der Waals surface area contributed by atoms with Crippen LogP contribution in [0.4, 0.5) is 0 Å². The van der Waals surface area contributed by atoms with Gasteiger partial charge in [0.15, 0.2) is 0 Å². The molecule has 2 atom stereocenters. The molecule has 0 fully saturated rings. The van der Waals surface area contributed by atoms with Gasteiger partial charge >= 0.3 is 5.97 Å². The van der Waals surface area contributed by atoms with Crippen molar-refractivity contribution in [3.63, 3.8) is 0 Å². The molecule has 2 aromatic rings. The van der Waals surface area contributed by atoms with Crippen LogP contribution in [0.1, 0.15) is 30.4 Å². The summed E-state index contributed by atoms with van der Waals surface area (Å²) in [7, 11) is 0. The Morgan fingerprint density at radius 2 is 2.22 bits per heavy atom. The molecule has 2 rings (SSSR count). The molecule has 0 unspecified atom stereocenters. The maximum Gasteiger partial charge on any atom is 0.321 e. The molecule has 4 nitrogen and oxygen atoms in total. The number of fused-ring (bicyclic) bond motifs is 1. The largest absolute Gasteiger partial charge is 0.480 e. The topological polar surface area (TPSA) is 79.1 Å². The van der Waals surface area contributed by atoms with Crippen LogP contribution in [0.3, 0.4) is 0 Å². The van der Waals surface area contributed by atoms with Crippen molar-refractivity contribution in [2.45, 2.75) is 32.2 Å². The summed E-state index contributed by atoms with van der Waals surface area (Å²) >= 11 is 0. The van der Waals surface area contributed by atoms with Gasteiger partial charge in [0.1, 0.15) is 6.04 Å². The molecule has 4 heteroatoms. The molecule has 0 aliphatic rings. The Balaban J connectivity index is 2.55. The number of aromatic amines is 1. The van der Waals surface area contributed by atoms with Gasteiger partial charge in [0.2, 0.25) is 0 Å². The molecule has 4 N–H and O–H groups in total. The molecule has 0 radical (unpaired) electrons. The minimum Gasteiger partial charge on any atom is -0.480 e. The number of carboxylic acids is 1. The van der Waals surface area contributed by atoms with Crippen LogP contribution in [0.2, 0.25) is 0 Å². The maximum atomic E-state index is 11.1. The van der Waals surface area contributed by atoms with E-state index in [4.69, 9.17) is 10.8 Å². The normalized spacial score (nSPS) is 14.6. The van der Waals surface area contributed by atoms with E-state index < -0.39 is 12.0 Å². The molecule has 0 spiro atoms. The van der Waals surface area contributed by atoms with Crippen molar-refractivity contribution in [3.8, 4) is 0 Å². The molecule has 0 amide bonds. The second kappa shape index (κ2) is 4.82. The third kappa shape index (κ3) is 1.99. The highest BCUT2D eigenvalue weighted by Crippen LogP contribution is 2.31. The van der Waals surface area contributed by atoms with Gasteiger partial charge in [0.25, 0.3) is 0 Å². The predicted octanol–water partition coefficient (Wildman–Crippen LogP) is 2.38. The van der Waals surface area contributed by atoms with Crippen LogP contribution < -0.4 is 5.73 Å². The van der Waals surface area contributed by atoms with Crippen molar-refractivity contribution in [3.05, 3.63) is 35.5 Å². The Kier molecular flexibility index (Phi) is 3.39. The van der Waals surface area contributed by atoms with E-state index in [1.54, 1.807) is 0 Å². The molecule has 0 saturated heterocycles. The summed E-state index contributed by atoms with van der Waals surface area (Å²) < 4.78 is 0. The molecular formula is C14H18N2O2. The van der Waals surface area contributed by atoms with Gasteiger partial charge in [-0.15, -0.1) is 0 Å². The van der Waals surface area contributed by atoms with Gasteiger partial charge in [0.05, 0.1) is 0 Å². The summed E-state index contributed by atoms with van der Waals surface area (Å²) in [5.41, 5.74) is 8.96. The molecule has 0 aliphatic heterocycles. The van der Waals surface area contributed by atoms with Gasteiger partial charge in [-0.2, -0.15) is 0 Å². The molecule has 1 aromatic carbocycles. The summed E-state index contributed by atoms with van der Waals surface area (Å²) in [6, 6.07) is 5.13. The van der Waals surface area contributed by atoms with Crippen LogP contribution in [0.15, 0.2) is 24.4 Å². The number of carbonyl (C=O) groups is 1. The smallest absolute Gasteiger partial charge is 0.321 e. The number of aliphatic carboxylic acids is 1. The lowest BCUT2D eigenvalue weighted by atomic mass is 9.88. The molecule has 18 heavy (non-hydrogen) atoms. The summed E-state index contributed by atoms with van der Waals surface area (Å²) in [5.74, 6) is -1.12. The molecule has 0 bridgehead atoms. The first kappa shape index (κ1) is 12.6. The monoisotopic (exact) mass is 246 g/mol. The molecular weight excluding hydrogens is 228 g/mol. The first-order valence-electron chi connectivity index (χ1n) is 6.11. The number of aryl methyl sites for hydroxylation is 1. The highest BCUT2D eigenvalue weighted by Gasteiger charge is 2.26. The number of carboxylic acid groups (broad SMARTS) is 1. The van der Waals surface area contributed by atoms with Gasteiger partial charge < -0.3 is 15.8 Å². The van der Waals surface area contributed by atoms with Crippen LogP contribution in [-0.4, -0.2) is 22.1 Å². The van der Waals surface area contributed by atoms with E-state index in [-0.39, 0.29) is 5.92 Å². The van der Waals surface area contributed by atoms with Gasteiger partial charge in [-0.05, 0) is 30.5 Å². The Morgan fingerprint density at radius 3 is 2.83 bits per heavy atom. The van der Waals surface area contributed by atoms with Gasteiger partial charge in [0, 0.05) is 23.0 Å². The van der Waals surface area contributed by atoms with Crippen LogP contribution in [0.5, 0.6) is 0 Å². The molecule has 0 saturated carbocycles. The number of nitrogens with one attached hydrogen (secondary N) is 1. The van der Waals surface area contributed by atoms with Crippen LogP contribution in [-0.2, 0) is 4.79 Å². The molecule has 0 aliphatic carbocycles. The number of hydrogen-bond donors (Lipinski definition) is 3. The van der Waals surface area contributed by atoms with Crippen molar-refractivity contribution in [1.82, 2.24) is 4.98 Å². The average Bonchev–Trinajstić information content (AvgIpc) is 2.75. The lowest BCUT2D eigenvalue weighted by Crippen LogP contribution is -2.36. The first-order valence-corrected chi connectivity index (χ1v) is 6.11. The lowest BCUT2D eigenvalue weighted by molar-refractivity contribution is -0.139. The number of rotatable bonds is 4. The third-order valence-corrected chi connectivity index (χ3v) is 3.50. The highest BCUT2D eigenvalue weighted by atomic mass is 16.4. The highest BCUT2D eigenvalue weighted by molar-refractivity contribution is 5.88. The van der Waals surface area contributed by atoms with E-state index in [0.29, 0.717) is 6.42 Å². The van der Waals surface area contributed by atoms with Gasteiger partial charge in [-0.1, -0.05) is 19.1 Å². The number of hydrogen-bond acceptors (Lipinski definition) is 2. The first-order chi connectivity index (χ1) is 8.56. The summed E-state index contributed by atoms with van der Waals surface area (Å²) in [6.45, 7) is 3.99. The standard InChI is InChI=1S/C14H18N2O2/c1-3-9(13(15)14(17)18)10-7-16-11-6-4-5-8(2)12(10)11/h4-7,9,13,16H,3,15H2,1-2H3,(H,17,18)/t9-,13-/m0/s1. The minimum atomic E-state index is -0.954. The second-order valence-electron chi connectivity index (χ2n) is 4.62. The number of benzene rings is 1. The fourth-order valence-corrected chi connectivity index (χ4v) is 2.53. The summed E-state index contributed by atoms with van der Waals surface area (Å²) in [5, 5.41) is 10.2. The van der Waals surface area contributed by atoms with Gasteiger partial charge in [-0.3, -0.25) is 4.79 Å². The molecule has 1 aromatic heterocycles. The van der Waals surface area contributed by atoms with E-state index in [2.05, 4.69) is 4.98 Å². The van der Waals surface area contributed by atoms with Crippen molar-refractivity contribution in [2.75, 3.05) is 0 Å². The van der Waals surface area contributed by atoms with E-state index in [1.165, 1.54) is 0 Å².